The van der Waals surface area contributed by atoms with Gasteiger partial charge in [0.1, 0.15) is 0 Å². The maximum Gasteiger partial charge on any atom is 1.00 e. The van der Waals surface area contributed by atoms with Gasteiger partial charge in [-0.2, -0.15) is 0 Å². The van der Waals surface area contributed by atoms with Crippen LogP contribution in [0, 0.1) is 0 Å². The molecule has 0 aliphatic heterocycles. The van der Waals surface area contributed by atoms with E-state index < -0.39 is 31.4 Å². The fraction of sp³-hybridized carbons (Fsp3) is 0. The summed E-state index contributed by atoms with van der Waals surface area (Å²) in [5, 5.41) is 95.4. The van der Waals surface area contributed by atoms with Gasteiger partial charge in [0, 0.05) is 0 Å². The predicted molar refractivity (Wildman–Crippen MR) is 75.6 cm³/mol. The Kier molecular flexibility index (Phi) is 366. The minimum absolute atomic E-state index is 0. The molecule has 0 rings (SSSR count). The number of thiocarbonyl (C=S) groups is 6. The molecule has 144 valence electrons. The molecule has 0 radical (unpaired) electrons. The largest absolute Gasteiger partial charge is 1.00 e. The van der Waals surface area contributed by atoms with Gasteiger partial charge in [0.15, 0.2) is 0 Å². The van der Waals surface area contributed by atoms with Gasteiger partial charge in [-0.25, -0.2) is 0 Å². The molecule has 0 N–H and O–H groups in total. The van der Waals surface area contributed by atoms with Crippen LogP contribution in [0.25, 0.3) is 0 Å². The summed E-state index contributed by atoms with van der Waals surface area (Å²) in [5.74, 6) is 0. The van der Waals surface area contributed by atoms with Gasteiger partial charge < -0.3 is 61.3 Å². The van der Waals surface area contributed by atoms with Gasteiger partial charge in [-0.15, -0.1) is 105 Å². The van der Waals surface area contributed by atoms with E-state index in [0.717, 1.165) is 0 Å². The van der Waals surface area contributed by atoms with Crippen LogP contribution < -0.4 is 416 Å². The summed E-state index contributed by atoms with van der Waals surface area (Å²) < 4.78 is 0. The van der Waals surface area contributed by atoms with Crippen LogP contribution >= 0.6 is 73.3 Å². The topological polar surface area (TPSA) is 277 Å². The molecule has 36 heavy (non-hydrogen) atoms. The summed E-state index contributed by atoms with van der Waals surface area (Å²) >= 11 is 20.6. The molecule has 12 nitrogen and oxygen atoms in total. The standard InChI is InChI=1S/6CH2O2S.12Na/c6*2-1(3)4;;;;;;;;;;;;/h6*(H2,2,3,4);;;;;;;;;;;;/q;;;;;;12*+1/p-12. The van der Waals surface area contributed by atoms with Crippen molar-refractivity contribution in [1.82, 2.24) is 0 Å². The van der Waals surface area contributed by atoms with Gasteiger partial charge in [-0.05, 0) is 0 Å². The first kappa shape index (κ1) is 119. The zero-order valence-corrected chi connectivity index (χ0v) is 51.2. The third-order valence-corrected chi connectivity index (χ3v) is 0. The number of rotatable bonds is 0. The van der Waals surface area contributed by atoms with Crippen molar-refractivity contribution in [2.45, 2.75) is 0 Å². The van der Waals surface area contributed by atoms with Crippen LogP contribution in [0.5, 0.6) is 0 Å². The first-order valence-electron chi connectivity index (χ1n) is 3.67. The third kappa shape index (κ3) is 799. The SMILES string of the molecule is [Na+].[Na+].[Na+].[Na+].[Na+].[Na+].[Na+].[Na+].[Na+].[Na+].[Na+].[Na+].[O-]C([O-])=S.[O-]C([O-])=S.[O-]C([O-])=S.[O-]C([O-])=S.[O-]C([O-])=S.[O-]C([O-])=S. The zero-order chi connectivity index (χ0) is 21.5. The van der Waals surface area contributed by atoms with Crippen LogP contribution in [0.2, 0.25) is 0 Å². The van der Waals surface area contributed by atoms with E-state index in [1.54, 1.807) is 0 Å². The molecular formula is C6Na12O12S6. The Morgan fingerprint density at radius 3 is 0.194 bits per heavy atom. The molecule has 0 aromatic heterocycles. The fourth-order valence-electron chi connectivity index (χ4n) is 0. The summed E-state index contributed by atoms with van der Waals surface area (Å²) in [6.07, 6.45) is 0. The van der Waals surface area contributed by atoms with Gasteiger partial charge in [0.05, 0.1) is 0 Å². The first-order valence-corrected chi connectivity index (χ1v) is 6.12. The van der Waals surface area contributed by atoms with Crippen molar-refractivity contribution in [2.75, 3.05) is 0 Å². The van der Waals surface area contributed by atoms with Crippen LogP contribution in [0.4, 0.5) is 0 Å². The van der Waals surface area contributed by atoms with E-state index in [1.807, 2.05) is 0 Å². The van der Waals surface area contributed by atoms with E-state index in [1.165, 1.54) is 0 Å². The van der Waals surface area contributed by atoms with Crippen LogP contribution in [-0.4, -0.2) is 31.4 Å². The monoisotopic (exact) mass is 732 g/mol. The third-order valence-electron chi connectivity index (χ3n) is 0. The summed E-state index contributed by atoms with van der Waals surface area (Å²) in [5.41, 5.74) is 0. The molecule has 0 aromatic rings. The van der Waals surface area contributed by atoms with Gasteiger partial charge in [0.2, 0.25) is 0 Å². The second-order valence-electron chi connectivity index (χ2n) is 1.50. The second-order valence-corrected chi connectivity index (χ2v) is 3.50. The second kappa shape index (κ2) is 111. The Hall–Kier alpha value is 10.1. The van der Waals surface area contributed by atoms with E-state index in [2.05, 4.69) is 73.3 Å². The van der Waals surface area contributed by atoms with Gasteiger partial charge in [-0.1, -0.05) is 0 Å². The van der Waals surface area contributed by atoms with E-state index in [0.29, 0.717) is 0 Å². The van der Waals surface area contributed by atoms with Gasteiger partial charge in [0.25, 0.3) is 0 Å². The molecule has 0 aliphatic carbocycles. The van der Waals surface area contributed by atoms with Crippen LogP contribution in [0.1, 0.15) is 0 Å². The molecule has 0 saturated carbocycles. The van der Waals surface area contributed by atoms with Crippen LogP contribution in [-0.2, 0) is 0 Å². The Labute approximate surface area is 506 Å². The van der Waals surface area contributed by atoms with Crippen molar-refractivity contribution in [3.8, 4) is 0 Å². The molecule has 0 aromatic carbocycles. The molecule has 0 amide bonds. The van der Waals surface area contributed by atoms with E-state index >= 15 is 0 Å². The van der Waals surface area contributed by atoms with Gasteiger partial charge >= 0.3 is 355 Å². The predicted octanol–water partition coefficient (Wildman–Crippen LogP) is -48.0. The summed E-state index contributed by atoms with van der Waals surface area (Å²) in [7, 11) is 0. The molecular weight excluding hydrogens is 732 g/mol. The van der Waals surface area contributed by atoms with Crippen molar-refractivity contribution in [2.24, 2.45) is 0 Å². The van der Waals surface area contributed by atoms with Crippen molar-refractivity contribution >= 4 is 105 Å². The molecule has 0 bridgehead atoms. The zero-order valence-electron chi connectivity index (χ0n) is 22.3. The minimum Gasteiger partial charge on any atom is -0.876 e. The molecule has 30 heteroatoms. The maximum absolute atomic E-state index is 8.70. The minimum atomic E-state index is -1.50. The Morgan fingerprint density at radius 2 is 0.194 bits per heavy atom. The van der Waals surface area contributed by atoms with E-state index in [9.17, 15) is 0 Å². The first-order chi connectivity index (χ1) is 10.4. The summed E-state index contributed by atoms with van der Waals surface area (Å²) in [6, 6.07) is 0. The van der Waals surface area contributed by atoms with E-state index in [-0.39, 0.29) is 355 Å². The van der Waals surface area contributed by atoms with Crippen molar-refractivity contribution in [3.05, 3.63) is 0 Å². The summed E-state index contributed by atoms with van der Waals surface area (Å²) in [4.78, 5) is 0. The molecule has 0 saturated heterocycles. The van der Waals surface area contributed by atoms with Crippen LogP contribution in [0.3, 0.4) is 0 Å². The molecule has 0 atom stereocenters. The quantitative estimate of drug-likeness (QED) is 0.165. The molecule has 0 spiro atoms. The average Bonchev–Trinajstić information content (AvgIpc) is 2.08. The number of hydrogen-bond acceptors (Lipinski definition) is 18. The number of hydrogen-bond donors (Lipinski definition) is 0. The maximum atomic E-state index is 8.70. The molecule has 0 aliphatic rings. The summed E-state index contributed by atoms with van der Waals surface area (Å²) in [6.45, 7) is 0. The van der Waals surface area contributed by atoms with Crippen molar-refractivity contribution < 1.29 is 416 Å². The smallest absolute Gasteiger partial charge is 0.876 e. The molecule has 0 fully saturated rings. The van der Waals surface area contributed by atoms with Gasteiger partial charge in [-0.3, -0.25) is 0 Å². The van der Waals surface area contributed by atoms with Crippen molar-refractivity contribution in [3.63, 3.8) is 0 Å². The van der Waals surface area contributed by atoms with Crippen molar-refractivity contribution in [1.29, 1.82) is 0 Å². The molecule has 0 heterocycles. The Morgan fingerprint density at radius 1 is 0.194 bits per heavy atom. The molecule has 0 unspecified atom stereocenters. The Balaban J connectivity index is -0.00000000633. The average molecular weight is 732 g/mol. The normalized spacial score (nSPS) is 4.00. The van der Waals surface area contributed by atoms with Crippen LogP contribution in [0.15, 0.2) is 0 Å². The fourth-order valence-corrected chi connectivity index (χ4v) is 0. The van der Waals surface area contributed by atoms with E-state index in [4.69, 9.17) is 61.3 Å². The Bertz CT molecular complexity index is 300.